The van der Waals surface area contributed by atoms with Crippen LogP contribution in [0.2, 0.25) is 0 Å². The van der Waals surface area contributed by atoms with Gasteiger partial charge in [-0.3, -0.25) is 0 Å². The largest absolute Gasteiger partial charge is 0.0617 e. The van der Waals surface area contributed by atoms with Crippen LogP contribution in [0.5, 0.6) is 0 Å². The zero-order chi connectivity index (χ0) is 49.3. The quantitative estimate of drug-likeness (QED) is 0.0987. The summed E-state index contributed by atoms with van der Waals surface area (Å²) in [7, 11) is 8.67. The fourth-order valence-corrected chi connectivity index (χ4v) is 11.8. The van der Waals surface area contributed by atoms with Gasteiger partial charge in [0.1, 0.15) is 0 Å². The zero-order valence-corrected chi connectivity index (χ0v) is 45.6. The smallest absolute Gasteiger partial charge is 0.0390 e. The summed E-state index contributed by atoms with van der Waals surface area (Å²) in [6.45, 7) is 37.3. The molecular weight excluding hydrogens is 860 g/mol. The van der Waals surface area contributed by atoms with Gasteiger partial charge < -0.3 is 0 Å². The predicted octanol–water partition coefficient (Wildman–Crippen LogP) is 21.9. The van der Waals surface area contributed by atoms with E-state index in [-0.39, 0.29) is 0 Å². The Labute approximate surface area is 420 Å². The van der Waals surface area contributed by atoms with Crippen molar-refractivity contribution >= 4 is 21.7 Å². The maximum Gasteiger partial charge on any atom is 0.0390 e. The second-order valence-corrected chi connectivity index (χ2v) is 22.9. The van der Waals surface area contributed by atoms with Gasteiger partial charge in [0.25, 0.3) is 0 Å². The second-order valence-electron chi connectivity index (χ2n) is 21.8. The monoisotopic (exact) mass is 937 g/mol. The van der Waals surface area contributed by atoms with Crippen LogP contribution in [-0.2, 0) is 0 Å². The highest BCUT2D eigenvalue weighted by molar-refractivity contribution is 8.21. The average molecular weight is 938 g/mol. The Balaban J connectivity index is 1.61. The molecule has 7 aromatic carbocycles. The van der Waals surface area contributed by atoms with Gasteiger partial charge in [0.15, 0.2) is 0 Å². The Morgan fingerprint density at radius 2 is 0.441 bits per heavy atom. The van der Waals surface area contributed by atoms with E-state index in [1.54, 1.807) is 0 Å². The summed E-state index contributed by atoms with van der Waals surface area (Å²) in [5.41, 5.74) is 26.2. The maximum absolute atomic E-state index is 7.32. The van der Waals surface area contributed by atoms with Gasteiger partial charge in [-0.15, -0.1) is 0 Å². The van der Waals surface area contributed by atoms with Crippen LogP contribution in [0, 0.1) is 0 Å². The Kier molecular flexibility index (Phi) is 16.1. The molecule has 0 bridgehead atoms. The minimum Gasteiger partial charge on any atom is -0.0617 e. The first-order chi connectivity index (χ1) is 32.3. The van der Waals surface area contributed by atoms with Crippen LogP contribution < -0.4 is 0 Å². The van der Waals surface area contributed by atoms with Gasteiger partial charge >= 0.3 is 0 Å². The molecule has 0 saturated heterocycles. The van der Waals surface area contributed by atoms with E-state index in [4.69, 9.17) is 10.7 Å². The first kappa shape index (κ1) is 51.0. The number of hydrogen-bond donors (Lipinski definition) is 0. The van der Waals surface area contributed by atoms with Crippen LogP contribution in [-0.4, -0.2) is 0 Å². The van der Waals surface area contributed by atoms with Gasteiger partial charge in [0, 0.05) is 4.90 Å². The summed E-state index contributed by atoms with van der Waals surface area (Å²) in [6.07, 6.45) is 0. The number of rotatable bonds is 15. The SMILES string of the molecule is CC(C)c1cccc(C(C)C)c1-c1cc(-c2cccc(-c3cc(-c4c(C(C)C)cccc4C(C)C)cc(-c4c(C(C)C)cccc4C(C)C)c3)c2SCl)cc(-c2c(C(C)C)cccc2C(C)C)c1. The lowest BCUT2D eigenvalue weighted by Gasteiger charge is -2.25. The summed E-state index contributed by atoms with van der Waals surface area (Å²) < 4.78 is 0. The molecule has 0 N–H and O–H groups in total. The molecule has 354 valence electrons. The normalized spacial score (nSPS) is 12.1. The first-order valence-electron chi connectivity index (χ1n) is 25.6. The van der Waals surface area contributed by atoms with E-state index >= 15 is 0 Å². The molecule has 0 aliphatic carbocycles. The van der Waals surface area contributed by atoms with Crippen LogP contribution in [0.15, 0.2) is 132 Å². The van der Waals surface area contributed by atoms with Crippen LogP contribution in [0.25, 0.3) is 66.8 Å². The van der Waals surface area contributed by atoms with Crippen molar-refractivity contribution in [3.63, 3.8) is 0 Å². The Morgan fingerprint density at radius 3 is 0.618 bits per heavy atom. The van der Waals surface area contributed by atoms with Crippen molar-refractivity contribution in [3.8, 4) is 66.8 Å². The molecule has 0 spiro atoms. The molecule has 2 heteroatoms. The highest BCUT2D eigenvalue weighted by Gasteiger charge is 2.25. The second kappa shape index (κ2) is 21.4. The summed E-state index contributed by atoms with van der Waals surface area (Å²) >= 11 is 0. The van der Waals surface area contributed by atoms with Gasteiger partial charge in [-0.05, 0) is 217 Å². The van der Waals surface area contributed by atoms with Gasteiger partial charge in [0.05, 0.1) is 0 Å². The van der Waals surface area contributed by atoms with Crippen molar-refractivity contribution in [2.24, 2.45) is 0 Å². The number of halogens is 1. The molecule has 68 heavy (non-hydrogen) atoms. The minimum absolute atomic E-state index is 0.359. The summed E-state index contributed by atoms with van der Waals surface area (Å²) in [5, 5.41) is 0. The van der Waals surface area contributed by atoms with E-state index in [9.17, 15) is 0 Å². The van der Waals surface area contributed by atoms with Crippen molar-refractivity contribution < 1.29 is 0 Å². The molecule has 0 aliphatic rings. The molecule has 0 radical (unpaired) electrons. The molecule has 0 unspecified atom stereocenters. The van der Waals surface area contributed by atoms with Crippen LogP contribution in [0.1, 0.15) is 203 Å². The fraction of sp³-hybridized carbons (Fsp3) is 0.364. The number of hydrogen-bond acceptors (Lipinski definition) is 1. The lowest BCUT2D eigenvalue weighted by Crippen LogP contribution is -2.03. The third-order valence-electron chi connectivity index (χ3n) is 14.2. The highest BCUT2D eigenvalue weighted by Crippen LogP contribution is 2.49. The highest BCUT2D eigenvalue weighted by atomic mass is 35.7. The summed E-state index contributed by atoms with van der Waals surface area (Å²) in [6, 6.07) is 49.4. The van der Waals surface area contributed by atoms with Crippen molar-refractivity contribution in [2.45, 2.75) is 163 Å². The van der Waals surface area contributed by atoms with Gasteiger partial charge in [0.2, 0.25) is 0 Å². The summed E-state index contributed by atoms with van der Waals surface area (Å²) in [4.78, 5) is 1.07. The van der Waals surface area contributed by atoms with Gasteiger partial charge in [-0.25, -0.2) is 0 Å². The van der Waals surface area contributed by atoms with Crippen LogP contribution >= 0.6 is 21.7 Å². The number of benzene rings is 7. The fourth-order valence-electron chi connectivity index (χ4n) is 10.8. The molecular formula is C66H77ClS. The van der Waals surface area contributed by atoms with E-state index in [1.807, 2.05) is 0 Å². The zero-order valence-electron chi connectivity index (χ0n) is 44.0. The molecule has 7 aromatic rings. The standard InChI is InChI=1S/C66H77ClS/c1-38(2)52-22-17-23-53(39(3)4)62(52)48-32-46(33-49(36-48)63-54(40(5)6)24-18-25-55(63)41(7)8)60-30-21-31-61(66(60)68-67)47-34-50(64-56(42(9)10)26-19-27-57(64)43(11)12)37-51(35-47)65-58(44(13)14)28-20-29-59(65)45(15)16/h17-45H,1-16H3. The minimum atomic E-state index is 0.359. The Morgan fingerprint density at radius 1 is 0.265 bits per heavy atom. The van der Waals surface area contributed by atoms with Gasteiger partial charge in [-0.1, -0.05) is 202 Å². The molecule has 0 saturated carbocycles. The molecule has 0 aliphatic heterocycles. The van der Waals surface area contributed by atoms with Crippen LogP contribution in [0.4, 0.5) is 0 Å². The predicted molar refractivity (Wildman–Crippen MR) is 303 cm³/mol. The lowest BCUT2D eigenvalue weighted by molar-refractivity contribution is 0.836. The third kappa shape index (κ3) is 10.2. The molecule has 0 fully saturated rings. The van der Waals surface area contributed by atoms with Crippen LogP contribution in [0.3, 0.4) is 0 Å². The Hall–Kier alpha value is -4.82. The molecule has 0 heterocycles. The maximum atomic E-state index is 7.32. The van der Waals surface area contributed by atoms with Crippen molar-refractivity contribution in [1.29, 1.82) is 0 Å². The van der Waals surface area contributed by atoms with E-state index < -0.39 is 0 Å². The molecule has 0 atom stereocenters. The van der Waals surface area contributed by atoms with E-state index in [0.29, 0.717) is 47.3 Å². The van der Waals surface area contributed by atoms with Crippen molar-refractivity contribution in [1.82, 2.24) is 0 Å². The van der Waals surface area contributed by atoms with Crippen molar-refractivity contribution in [2.75, 3.05) is 0 Å². The average Bonchev–Trinajstić information content (AvgIpc) is 3.32. The van der Waals surface area contributed by atoms with Gasteiger partial charge in [-0.2, -0.15) is 0 Å². The molecule has 0 nitrogen and oxygen atoms in total. The molecule has 0 aromatic heterocycles. The van der Waals surface area contributed by atoms with Crippen molar-refractivity contribution in [3.05, 3.63) is 172 Å². The Bertz CT molecular complexity index is 2440. The molecule has 7 rings (SSSR count). The first-order valence-corrected chi connectivity index (χ1v) is 27.2. The molecule has 0 amide bonds. The topological polar surface area (TPSA) is 0 Å². The van der Waals surface area contributed by atoms with E-state index in [0.717, 1.165) is 16.0 Å². The third-order valence-corrected chi connectivity index (χ3v) is 15.3. The lowest BCUT2D eigenvalue weighted by atomic mass is 9.80. The van der Waals surface area contributed by atoms with E-state index in [1.165, 1.54) is 111 Å². The summed E-state index contributed by atoms with van der Waals surface area (Å²) in [5.74, 6) is 2.87. The van der Waals surface area contributed by atoms with E-state index in [2.05, 4.69) is 238 Å².